The second kappa shape index (κ2) is 15.2. The molecule has 0 aromatic rings. The van der Waals surface area contributed by atoms with E-state index in [1.807, 2.05) is 6.08 Å². The van der Waals surface area contributed by atoms with Gasteiger partial charge in [-0.1, -0.05) is 69.4 Å². The molecule has 0 aromatic heterocycles. The van der Waals surface area contributed by atoms with Crippen LogP contribution < -0.4 is 0 Å². The van der Waals surface area contributed by atoms with Crippen LogP contribution in [0, 0.1) is 0 Å². The number of rotatable bonds is 12. The maximum Gasteiger partial charge on any atom is -0.0169 e. The van der Waals surface area contributed by atoms with Gasteiger partial charge in [-0.25, -0.2) is 0 Å². The highest BCUT2D eigenvalue weighted by molar-refractivity contribution is 4.93. The fourth-order valence-corrected chi connectivity index (χ4v) is 1.76. The van der Waals surface area contributed by atoms with Crippen molar-refractivity contribution in [3.05, 3.63) is 37.0 Å². The van der Waals surface area contributed by atoms with Gasteiger partial charge in [0.15, 0.2) is 0 Å². The van der Waals surface area contributed by atoms with Gasteiger partial charge in [0, 0.05) is 0 Å². The fourth-order valence-electron chi connectivity index (χ4n) is 1.76. The molecule has 0 heterocycles. The van der Waals surface area contributed by atoms with Crippen LogP contribution in [0.1, 0.15) is 71.1 Å². The molecule has 0 nitrogen and oxygen atoms in total. The number of allylic oxidation sites excluding steroid dienone is 5. The van der Waals surface area contributed by atoms with E-state index < -0.39 is 0 Å². The summed E-state index contributed by atoms with van der Waals surface area (Å²) in [5, 5.41) is 0. The van der Waals surface area contributed by atoms with Crippen molar-refractivity contribution in [2.45, 2.75) is 71.1 Å². The Hall–Kier alpha value is -0.780. The van der Waals surface area contributed by atoms with Gasteiger partial charge in [0.1, 0.15) is 0 Å². The largest absolute Gasteiger partial charge is 0.103 e. The van der Waals surface area contributed by atoms with Crippen LogP contribution in [0.15, 0.2) is 37.0 Å². The van der Waals surface area contributed by atoms with Crippen molar-refractivity contribution in [2.24, 2.45) is 0 Å². The predicted molar refractivity (Wildman–Crippen MR) is 80.3 cm³/mol. The molecule has 0 spiro atoms. The lowest BCUT2D eigenvalue weighted by Crippen LogP contribution is -1.77. The molecule has 0 heteroatoms. The van der Waals surface area contributed by atoms with Crippen molar-refractivity contribution in [3.8, 4) is 0 Å². The Morgan fingerprint density at radius 2 is 1.35 bits per heavy atom. The molecule has 17 heavy (non-hydrogen) atoms. The Labute approximate surface area is 109 Å². The van der Waals surface area contributed by atoms with Crippen molar-refractivity contribution in [2.75, 3.05) is 0 Å². The summed E-state index contributed by atoms with van der Waals surface area (Å²) in [6.07, 6.45) is 24.0. The maximum absolute atomic E-state index is 3.71. The molecule has 0 aromatic carbocycles. The SMILES string of the molecule is C=CCC/C=C\C/C=C\CCCCCCCC. The van der Waals surface area contributed by atoms with Gasteiger partial charge in [-0.3, -0.25) is 0 Å². The van der Waals surface area contributed by atoms with Gasteiger partial charge in [0.25, 0.3) is 0 Å². The summed E-state index contributed by atoms with van der Waals surface area (Å²) in [7, 11) is 0. The van der Waals surface area contributed by atoms with Gasteiger partial charge in [0.2, 0.25) is 0 Å². The van der Waals surface area contributed by atoms with Crippen LogP contribution >= 0.6 is 0 Å². The fraction of sp³-hybridized carbons (Fsp3) is 0.647. The summed E-state index contributed by atoms with van der Waals surface area (Å²) in [5.41, 5.74) is 0. The minimum Gasteiger partial charge on any atom is -0.103 e. The number of hydrogen-bond donors (Lipinski definition) is 0. The summed E-state index contributed by atoms with van der Waals surface area (Å²) in [4.78, 5) is 0. The first kappa shape index (κ1) is 16.2. The van der Waals surface area contributed by atoms with E-state index in [0.29, 0.717) is 0 Å². The van der Waals surface area contributed by atoms with E-state index in [1.54, 1.807) is 0 Å². The van der Waals surface area contributed by atoms with E-state index in [9.17, 15) is 0 Å². The second-order valence-electron chi connectivity index (χ2n) is 4.60. The van der Waals surface area contributed by atoms with Crippen LogP contribution in [0.25, 0.3) is 0 Å². The van der Waals surface area contributed by atoms with E-state index in [-0.39, 0.29) is 0 Å². The lowest BCUT2D eigenvalue weighted by atomic mass is 10.1. The van der Waals surface area contributed by atoms with Gasteiger partial charge in [-0.05, 0) is 32.1 Å². The molecular formula is C17H30. The molecule has 0 aliphatic heterocycles. The van der Waals surface area contributed by atoms with E-state index in [2.05, 4.69) is 37.8 Å². The highest BCUT2D eigenvalue weighted by Crippen LogP contribution is 2.07. The average Bonchev–Trinajstić information content (AvgIpc) is 2.35. The topological polar surface area (TPSA) is 0 Å². The molecule has 0 radical (unpaired) electrons. The molecule has 0 rings (SSSR count). The standard InChI is InChI=1S/C17H30/c1-3-5-7-9-11-13-15-17-16-14-12-10-8-6-4-2/h3,9,11,15,17H,1,4-8,10,12-14,16H2,2H3/b11-9-,17-15-. The Bertz CT molecular complexity index is 198. The van der Waals surface area contributed by atoms with Crippen LogP contribution in [0.3, 0.4) is 0 Å². The zero-order valence-corrected chi connectivity index (χ0v) is 11.7. The Balaban J connectivity index is 3.14. The summed E-state index contributed by atoms with van der Waals surface area (Å²) < 4.78 is 0. The molecule has 0 amide bonds. The molecule has 0 saturated heterocycles. The maximum atomic E-state index is 3.71. The first-order valence-electron chi connectivity index (χ1n) is 7.32. The summed E-state index contributed by atoms with van der Waals surface area (Å²) in [5.74, 6) is 0. The second-order valence-corrected chi connectivity index (χ2v) is 4.60. The number of hydrogen-bond acceptors (Lipinski definition) is 0. The molecular weight excluding hydrogens is 204 g/mol. The third-order valence-electron chi connectivity index (χ3n) is 2.87. The van der Waals surface area contributed by atoms with Crippen LogP contribution in [0.4, 0.5) is 0 Å². The predicted octanol–water partition coefficient (Wildman–Crippen LogP) is 6.21. The zero-order valence-electron chi connectivity index (χ0n) is 11.7. The number of unbranched alkanes of at least 4 members (excludes halogenated alkanes) is 7. The highest BCUT2D eigenvalue weighted by atomic mass is 13.9. The van der Waals surface area contributed by atoms with Crippen molar-refractivity contribution in [3.63, 3.8) is 0 Å². The van der Waals surface area contributed by atoms with E-state index >= 15 is 0 Å². The van der Waals surface area contributed by atoms with Crippen molar-refractivity contribution in [1.29, 1.82) is 0 Å². The quantitative estimate of drug-likeness (QED) is 0.278. The van der Waals surface area contributed by atoms with Gasteiger partial charge in [0.05, 0.1) is 0 Å². The van der Waals surface area contributed by atoms with Crippen LogP contribution in [-0.4, -0.2) is 0 Å². The Morgan fingerprint density at radius 3 is 2.06 bits per heavy atom. The molecule has 0 atom stereocenters. The molecule has 0 aliphatic carbocycles. The Kier molecular flexibility index (Phi) is 14.5. The summed E-state index contributed by atoms with van der Waals surface area (Å²) in [6, 6.07) is 0. The summed E-state index contributed by atoms with van der Waals surface area (Å²) in [6.45, 7) is 5.98. The normalized spacial score (nSPS) is 11.6. The minimum atomic E-state index is 1.09. The first-order chi connectivity index (χ1) is 8.41. The van der Waals surface area contributed by atoms with Crippen LogP contribution in [-0.2, 0) is 0 Å². The lowest BCUT2D eigenvalue weighted by molar-refractivity contribution is 0.611. The van der Waals surface area contributed by atoms with Gasteiger partial charge >= 0.3 is 0 Å². The van der Waals surface area contributed by atoms with Crippen molar-refractivity contribution >= 4 is 0 Å². The molecule has 0 N–H and O–H groups in total. The van der Waals surface area contributed by atoms with E-state index in [0.717, 1.165) is 19.3 Å². The van der Waals surface area contributed by atoms with Gasteiger partial charge < -0.3 is 0 Å². The molecule has 0 bridgehead atoms. The van der Waals surface area contributed by atoms with Crippen LogP contribution in [0.2, 0.25) is 0 Å². The molecule has 98 valence electrons. The highest BCUT2D eigenvalue weighted by Gasteiger charge is 1.87. The van der Waals surface area contributed by atoms with Gasteiger partial charge in [-0.2, -0.15) is 0 Å². The molecule has 0 fully saturated rings. The van der Waals surface area contributed by atoms with Crippen molar-refractivity contribution < 1.29 is 0 Å². The third-order valence-corrected chi connectivity index (χ3v) is 2.87. The summed E-state index contributed by atoms with van der Waals surface area (Å²) >= 11 is 0. The smallest absolute Gasteiger partial charge is 0.0169 e. The monoisotopic (exact) mass is 234 g/mol. The van der Waals surface area contributed by atoms with E-state index in [4.69, 9.17) is 0 Å². The Morgan fingerprint density at radius 1 is 0.706 bits per heavy atom. The molecule has 0 unspecified atom stereocenters. The molecule has 0 saturated carbocycles. The first-order valence-corrected chi connectivity index (χ1v) is 7.32. The average molecular weight is 234 g/mol. The lowest BCUT2D eigenvalue weighted by Gasteiger charge is -1.97. The molecule has 0 aliphatic rings. The minimum absolute atomic E-state index is 1.09. The van der Waals surface area contributed by atoms with Crippen LogP contribution in [0.5, 0.6) is 0 Å². The van der Waals surface area contributed by atoms with Crippen molar-refractivity contribution in [1.82, 2.24) is 0 Å². The third kappa shape index (κ3) is 15.2. The zero-order chi connectivity index (χ0) is 12.6. The van der Waals surface area contributed by atoms with E-state index in [1.165, 1.54) is 44.9 Å². The van der Waals surface area contributed by atoms with Gasteiger partial charge in [-0.15, -0.1) is 6.58 Å².